The lowest BCUT2D eigenvalue weighted by atomic mass is 9.87. The van der Waals surface area contributed by atoms with E-state index in [-0.39, 0.29) is 0 Å². The van der Waals surface area contributed by atoms with Crippen molar-refractivity contribution in [3.63, 3.8) is 0 Å². The van der Waals surface area contributed by atoms with Crippen LogP contribution in [0.3, 0.4) is 0 Å². The van der Waals surface area contributed by atoms with Crippen LogP contribution >= 0.6 is 0 Å². The summed E-state index contributed by atoms with van der Waals surface area (Å²) in [6.07, 6.45) is 0. The van der Waals surface area contributed by atoms with Crippen LogP contribution in [-0.2, 0) is 20.9 Å². The first-order valence-corrected chi connectivity index (χ1v) is 10.0. The molecule has 158 valence electrons. The Bertz CT molecular complexity index is 737. The fourth-order valence-corrected chi connectivity index (χ4v) is 1.88. The van der Waals surface area contributed by atoms with Crippen LogP contribution in [-0.4, -0.2) is 18.5 Å². The monoisotopic (exact) mass is 418 g/mol. The lowest BCUT2D eigenvalue weighted by molar-refractivity contribution is -0.0510. The fraction of sp³-hybridized carbons (Fsp3) is 0.429. The number of alkyl halides is 3. The second-order valence-electron chi connectivity index (χ2n) is 8.15. The molecular formula is C21H29F3O3S. The van der Waals surface area contributed by atoms with Crippen LogP contribution in [0.25, 0.3) is 0 Å². The van der Waals surface area contributed by atoms with Crippen LogP contribution in [0.4, 0.5) is 13.2 Å². The molecule has 0 aliphatic rings. The number of halogens is 3. The van der Waals surface area contributed by atoms with E-state index in [1.165, 1.54) is 11.1 Å². The van der Waals surface area contributed by atoms with Crippen molar-refractivity contribution in [2.45, 2.75) is 57.9 Å². The number of hydrogen-bond donors (Lipinski definition) is 1. The Balaban J connectivity index is 0.000000394. The third-order valence-electron chi connectivity index (χ3n) is 3.57. The molecule has 0 aromatic heterocycles. The van der Waals surface area contributed by atoms with Gasteiger partial charge in [-0.25, -0.2) is 0 Å². The molecule has 1 N–H and O–H groups in total. The lowest BCUT2D eigenvalue weighted by Gasteiger charge is -2.18. The maximum absolute atomic E-state index is 10.7. The van der Waals surface area contributed by atoms with Gasteiger partial charge in [0.15, 0.2) is 0 Å². The van der Waals surface area contributed by atoms with Gasteiger partial charge in [-0.15, -0.1) is 0 Å². The molecule has 0 bridgehead atoms. The summed E-state index contributed by atoms with van der Waals surface area (Å²) in [5, 5.41) is 0. The highest BCUT2D eigenvalue weighted by Gasteiger charge is 2.44. The van der Waals surface area contributed by atoms with Crippen molar-refractivity contribution in [1.82, 2.24) is 0 Å². The Morgan fingerprint density at radius 1 is 0.643 bits per heavy atom. The van der Waals surface area contributed by atoms with Crippen LogP contribution in [0, 0.1) is 0 Å². The average Bonchev–Trinajstić information content (AvgIpc) is 2.54. The molecule has 0 amide bonds. The quantitative estimate of drug-likeness (QED) is 0.400. The van der Waals surface area contributed by atoms with Crippen molar-refractivity contribution in [2.75, 3.05) is 0 Å². The van der Waals surface area contributed by atoms with E-state index in [0.29, 0.717) is 10.8 Å². The lowest BCUT2D eigenvalue weighted by Crippen LogP contribution is -2.21. The summed E-state index contributed by atoms with van der Waals surface area (Å²) in [5.41, 5.74) is -2.15. The molecular weight excluding hydrogens is 389 g/mol. The summed E-state index contributed by atoms with van der Waals surface area (Å²) < 4.78 is 57.5. The van der Waals surface area contributed by atoms with E-state index in [1.54, 1.807) is 0 Å². The van der Waals surface area contributed by atoms with Crippen molar-refractivity contribution in [1.29, 1.82) is 0 Å². The van der Waals surface area contributed by atoms with Gasteiger partial charge in [-0.2, -0.15) is 21.6 Å². The van der Waals surface area contributed by atoms with E-state index in [1.807, 2.05) is 0 Å². The summed E-state index contributed by atoms with van der Waals surface area (Å²) in [5.74, 6) is 0. The van der Waals surface area contributed by atoms with E-state index in [0.717, 1.165) is 0 Å². The van der Waals surface area contributed by atoms with Gasteiger partial charge in [0.1, 0.15) is 0 Å². The highest BCUT2D eigenvalue weighted by Crippen LogP contribution is 2.22. The largest absolute Gasteiger partial charge is 0.522 e. The van der Waals surface area contributed by atoms with E-state index in [4.69, 9.17) is 13.0 Å². The van der Waals surface area contributed by atoms with Gasteiger partial charge in [0.05, 0.1) is 0 Å². The summed E-state index contributed by atoms with van der Waals surface area (Å²) in [4.78, 5) is 0. The maximum Gasteiger partial charge on any atom is 0.522 e. The number of benzene rings is 2. The van der Waals surface area contributed by atoms with E-state index >= 15 is 0 Å². The molecule has 0 unspecified atom stereocenters. The normalized spacial score (nSPS) is 12.2. The Hall–Kier alpha value is -1.86. The average molecular weight is 419 g/mol. The second-order valence-corrected chi connectivity index (χ2v) is 9.57. The van der Waals surface area contributed by atoms with Crippen LogP contribution < -0.4 is 0 Å². The first-order chi connectivity index (χ1) is 12.5. The van der Waals surface area contributed by atoms with Gasteiger partial charge in [-0.1, -0.05) is 102 Å². The molecule has 3 nitrogen and oxygen atoms in total. The van der Waals surface area contributed by atoms with Crippen LogP contribution in [0.5, 0.6) is 0 Å². The Morgan fingerprint density at radius 2 is 0.857 bits per heavy atom. The minimum Gasteiger partial charge on any atom is -0.279 e. The van der Waals surface area contributed by atoms with Crippen molar-refractivity contribution in [2.24, 2.45) is 0 Å². The number of rotatable bonds is 0. The zero-order chi connectivity index (χ0) is 22.2. The molecule has 0 spiro atoms. The second kappa shape index (κ2) is 10.1. The third-order valence-corrected chi connectivity index (χ3v) is 4.16. The Labute approximate surface area is 166 Å². The minimum atomic E-state index is -5.84. The molecule has 0 radical (unpaired) electrons. The van der Waals surface area contributed by atoms with Gasteiger partial charge >= 0.3 is 15.6 Å². The maximum atomic E-state index is 10.7. The molecule has 7 heteroatoms. The van der Waals surface area contributed by atoms with Gasteiger partial charge in [0.2, 0.25) is 0 Å². The van der Waals surface area contributed by atoms with Crippen molar-refractivity contribution >= 4 is 10.1 Å². The van der Waals surface area contributed by atoms with Crippen LogP contribution in [0.1, 0.15) is 52.7 Å². The summed E-state index contributed by atoms with van der Waals surface area (Å²) in [6.45, 7) is 13.3. The van der Waals surface area contributed by atoms with E-state index in [9.17, 15) is 13.2 Å². The molecule has 28 heavy (non-hydrogen) atoms. The number of hydrogen-bond acceptors (Lipinski definition) is 2. The Morgan fingerprint density at radius 3 is 0.964 bits per heavy atom. The zero-order valence-electron chi connectivity index (χ0n) is 17.1. The molecule has 0 aliphatic heterocycles. The van der Waals surface area contributed by atoms with Gasteiger partial charge < -0.3 is 0 Å². The molecule has 0 atom stereocenters. The fourth-order valence-electron chi connectivity index (χ4n) is 1.88. The SMILES string of the molecule is CC(C)(C)c1ccccc1.CC(C)(C)c1ccccc1.O=S(=O)(O)C(F)(F)F. The van der Waals surface area contributed by atoms with Crippen LogP contribution in [0.15, 0.2) is 60.7 Å². The molecule has 0 aliphatic carbocycles. The van der Waals surface area contributed by atoms with Gasteiger partial charge in [-0.3, -0.25) is 4.55 Å². The third kappa shape index (κ3) is 10.5. The summed E-state index contributed by atoms with van der Waals surface area (Å²) in [6, 6.07) is 21.1. The zero-order valence-corrected chi connectivity index (χ0v) is 17.9. The molecule has 2 aromatic rings. The van der Waals surface area contributed by atoms with Crippen molar-refractivity contribution < 1.29 is 26.1 Å². The highest BCUT2D eigenvalue weighted by molar-refractivity contribution is 7.86. The standard InChI is InChI=1S/2C10H14.CHF3O3S/c2*1-10(2,3)9-7-5-4-6-8-9;2-1(3,4)8(5,6)7/h2*4-8H,1-3H3;(H,5,6,7). The van der Waals surface area contributed by atoms with Gasteiger partial charge in [0, 0.05) is 0 Å². The van der Waals surface area contributed by atoms with Crippen LogP contribution in [0.2, 0.25) is 0 Å². The van der Waals surface area contributed by atoms with E-state index < -0.39 is 15.6 Å². The molecule has 2 rings (SSSR count). The molecule has 2 aromatic carbocycles. The van der Waals surface area contributed by atoms with E-state index in [2.05, 4.69) is 102 Å². The predicted molar refractivity (Wildman–Crippen MR) is 108 cm³/mol. The minimum absolute atomic E-state index is 0.293. The first kappa shape index (κ1) is 26.1. The molecule has 0 saturated heterocycles. The molecule has 0 fully saturated rings. The molecule has 0 heterocycles. The highest BCUT2D eigenvalue weighted by atomic mass is 32.2. The summed E-state index contributed by atoms with van der Waals surface area (Å²) >= 11 is 0. The smallest absolute Gasteiger partial charge is 0.279 e. The first-order valence-electron chi connectivity index (χ1n) is 8.61. The molecule has 0 saturated carbocycles. The van der Waals surface area contributed by atoms with Gasteiger partial charge in [0.25, 0.3) is 0 Å². The van der Waals surface area contributed by atoms with Gasteiger partial charge in [-0.05, 0) is 22.0 Å². The van der Waals surface area contributed by atoms with Crippen molar-refractivity contribution in [3.05, 3.63) is 71.8 Å². The Kier molecular flexibility index (Phi) is 9.40. The predicted octanol–water partition coefficient (Wildman–Crippen LogP) is 6.36. The summed E-state index contributed by atoms with van der Waals surface area (Å²) in [7, 11) is -5.84. The topological polar surface area (TPSA) is 54.4 Å². The van der Waals surface area contributed by atoms with Crippen molar-refractivity contribution in [3.8, 4) is 0 Å².